The molecule has 1 amide bonds. The van der Waals surface area contributed by atoms with Crippen molar-refractivity contribution >= 4 is 5.91 Å². The Kier molecular flexibility index (Phi) is 4.61. The first-order valence-corrected chi connectivity index (χ1v) is 8.48. The highest BCUT2D eigenvalue weighted by Gasteiger charge is 2.35. The third-order valence-electron chi connectivity index (χ3n) is 5.43. The molecule has 4 heteroatoms. The lowest BCUT2D eigenvalue weighted by Gasteiger charge is -2.47. The fraction of sp³-hybridized carbons (Fsp3) is 0.938. The van der Waals surface area contributed by atoms with Crippen LogP contribution in [0, 0.1) is 5.92 Å². The van der Waals surface area contributed by atoms with Crippen LogP contribution in [0.15, 0.2) is 0 Å². The number of nitrogens with one attached hydrogen (secondary N) is 1. The van der Waals surface area contributed by atoms with E-state index in [1.807, 2.05) is 0 Å². The number of carbonyl (C=O) groups excluding carboxylic acids is 1. The number of hydrogen-bond acceptors (Lipinski definition) is 3. The second-order valence-electron chi connectivity index (χ2n) is 6.94. The molecule has 1 N–H and O–H groups in total. The topological polar surface area (TPSA) is 35.6 Å². The van der Waals surface area contributed by atoms with Crippen molar-refractivity contribution < 1.29 is 4.79 Å². The van der Waals surface area contributed by atoms with Gasteiger partial charge in [-0.3, -0.25) is 9.69 Å². The number of fused-ring (bicyclic) bond motifs is 1. The normalized spacial score (nSPS) is 33.0. The molecule has 3 heterocycles. The molecule has 2 unspecified atom stereocenters. The highest BCUT2D eigenvalue weighted by Crippen LogP contribution is 2.26. The average molecular weight is 279 g/mol. The molecule has 3 aliphatic heterocycles. The molecule has 0 aromatic rings. The summed E-state index contributed by atoms with van der Waals surface area (Å²) in [4.78, 5) is 17.4. The highest BCUT2D eigenvalue weighted by molar-refractivity contribution is 5.77. The van der Waals surface area contributed by atoms with E-state index in [0.717, 1.165) is 32.6 Å². The van der Waals surface area contributed by atoms with Crippen LogP contribution in [0.4, 0.5) is 0 Å². The minimum absolute atomic E-state index is 0.401. The Balaban J connectivity index is 1.56. The molecule has 0 aliphatic carbocycles. The van der Waals surface area contributed by atoms with Gasteiger partial charge in [-0.15, -0.1) is 0 Å². The molecule has 0 bridgehead atoms. The van der Waals surface area contributed by atoms with Crippen LogP contribution in [0.2, 0.25) is 0 Å². The summed E-state index contributed by atoms with van der Waals surface area (Å²) in [7, 11) is 0. The molecule has 20 heavy (non-hydrogen) atoms. The SMILES string of the molecule is CC1CN2CCCCC2CN1C(=O)CC1CCNCC1. The summed E-state index contributed by atoms with van der Waals surface area (Å²) in [6, 6.07) is 1.04. The van der Waals surface area contributed by atoms with E-state index in [-0.39, 0.29) is 0 Å². The van der Waals surface area contributed by atoms with Crippen LogP contribution in [0.5, 0.6) is 0 Å². The number of carbonyl (C=O) groups is 1. The predicted molar refractivity (Wildman–Crippen MR) is 80.6 cm³/mol. The second kappa shape index (κ2) is 6.44. The third kappa shape index (κ3) is 3.17. The molecule has 0 saturated carbocycles. The molecule has 0 radical (unpaired) electrons. The summed E-state index contributed by atoms with van der Waals surface area (Å²) in [6.07, 6.45) is 7.08. The Morgan fingerprint density at radius 1 is 1.15 bits per heavy atom. The van der Waals surface area contributed by atoms with Gasteiger partial charge in [0.05, 0.1) is 0 Å². The third-order valence-corrected chi connectivity index (χ3v) is 5.43. The lowest BCUT2D eigenvalue weighted by Crippen LogP contribution is -2.60. The van der Waals surface area contributed by atoms with Gasteiger partial charge >= 0.3 is 0 Å². The van der Waals surface area contributed by atoms with Gasteiger partial charge < -0.3 is 10.2 Å². The van der Waals surface area contributed by atoms with Crippen LogP contribution in [0.1, 0.15) is 45.4 Å². The van der Waals surface area contributed by atoms with Crippen molar-refractivity contribution in [3.8, 4) is 0 Å². The standard InChI is InChI=1S/C16H29N3O/c1-13-11-18-9-3-2-4-15(18)12-19(13)16(20)10-14-5-7-17-8-6-14/h13-15,17H,2-12H2,1H3. The zero-order valence-electron chi connectivity index (χ0n) is 12.8. The summed E-state index contributed by atoms with van der Waals surface area (Å²) < 4.78 is 0. The molecule has 114 valence electrons. The number of piperidine rings is 2. The first-order valence-electron chi connectivity index (χ1n) is 8.48. The van der Waals surface area contributed by atoms with Crippen LogP contribution < -0.4 is 5.32 Å². The predicted octanol–water partition coefficient (Wildman–Crippen LogP) is 1.46. The molecular weight excluding hydrogens is 250 g/mol. The lowest BCUT2D eigenvalue weighted by molar-refractivity contribution is -0.139. The molecule has 3 rings (SSSR count). The van der Waals surface area contributed by atoms with E-state index in [1.54, 1.807) is 0 Å². The number of piperazine rings is 1. The summed E-state index contributed by atoms with van der Waals surface area (Å²) in [5, 5.41) is 3.38. The summed E-state index contributed by atoms with van der Waals surface area (Å²) >= 11 is 0. The molecular formula is C16H29N3O. The van der Waals surface area contributed by atoms with E-state index in [0.29, 0.717) is 23.9 Å². The molecule has 3 fully saturated rings. The molecule has 0 aromatic carbocycles. The van der Waals surface area contributed by atoms with Crippen LogP contribution in [0.3, 0.4) is 0 Å². The van der Waals surface area contributed by atoms with Crippen LogP contribution in [-0.4, -0.2) is 60.5 Å². The van der Waals surface area contributed by atoms with Gasteiger partial charge in [-0.25, -0.2) is 0 Å². The van der Waals surface area contributed by atoms with Crippen molar-refractivity contribution in [3.63, 3.8) is 0 Å². The minimum Gasteiger partial charge on any atom is -0.337 e. The Hall–Kier alpha value is -0.610. The van der Waals surface area contributed by atoms with Crippen LogP contribution in [-0.2, 0) is 4.79 Å². The van der Waals surface area contributed by atoms with Gasteiger partial charge in [-0.1, -0.05) is 6.42 Å². The Bertz CT molecular complexity index is 341. The number of nitrogens with zero attached hydrogens (tertiary/aromatic N) is 2. The first-order chi connectivity index (χ1) is 9.74. The largest absolute Gasteiger partial charge is 0.337 e. The van der Waals surface area contributed by atoms with Gasteiger partial charge in [-0.05, 0) is 58.2 Å². The van der Waals surface area contributed by atoms with Gasteiger partial charge in [0.1, 0.15) is 0 Å². The first kappa shape index (κ1) is 14.3. The number of rotatable bonds is 2. The fourth-order valence-electron chi connectivity index (χ4n) is 4.15. The molecule has 0 spiro atoms. The molecule has 0 aromatic heterocycles. The average Bonchev–Trinajstić information content (AvgIpc) is 2.47. The van der Waals surface area contributed by atoms with Crippen molar-refractivity contribution in [2.75, 3.05) is 32.7 Å². The highest BCUT2D eigenvalue weighted by atomic mass is 16.2. The van der Waals surface area contributed by atoms with Crippen LogP contribution >= 0.6 is 0 Å². The zero-order valence-corrected chi connectivity index (χ0v) is 12.8. The molecule has 4 nitrogen and oxygen atoms in total. The summed E-state index contributed by atoms with van der Waals surface area (Å²) in [5.41, 5.74) is 0. The maximum absolute atomic E-state index is 12.6. The van der Waals surface area contributed by atoms with Crippen molar-refractivity contribution in [2.45, 2.75) is 57.5 Å². The van der Waals surface area contributed by atoms with E-state index in [1.165, 1.54) is 38.6 Å². The van der Waals surface area contributed by atoms with E-state index >= 15 is 0 Å². The second-order valence-corrected chi connectivity index (χ2v) is 6.94. The van der Waals surface area contributed by atoms with Gasteiger partial charge in [0.2, 0.25) is 5.91 Å². The Labute approximate surface area is 122 Å². The van der Waals surface area contributed by atoms with Gasteiger partial charge in [0.15, 0.2) is 0 Å². The van der Waals surface area contributed by atoms with Crippen molar-refractivity contribution in [3.05, 3.63) is 0 Å². The molecule has 3 saturated heterocycles. The van der Waals surface area contributed by atoms with Gasteiger partial charge in [0.25, 0.3) is 0 Å². The van der Waals surface area contributed by atoms with Crippen LogP contribution in [0.25, 0.3) is 0 Å². The van der Waals surface area contributed by atoms with Crippen molar-refractivity contribution in [1.29, 1.82) is 0 Å². The lowest BCUT2D eigenvalue weighted by atomic mass is 9.92. The smallest absolute Gasteiger partial charge is 0.223 e. The maximum Gasteiger partial charge on any atom is 0.223 e. The molecule has 3 aliphatic rings. The summed E-state index contributed by atoms with van der Waals surface area (Å²) in [6.45, 7) is 7.71. The van der Waals surface area contributed by atoms with Crippen molar-refractivity contribution in [2.24, 2.45) is 5.92 Å². The number of hydrogen-bond donors (Lipinski definition) is 1. The summed E-state index contributed by atoms with van der Waals surface area (Å²) in [5.74, 6) is 1.02. The minimum atomic E-state index is 0.401. The molecule has 2 atom stereocenters. The van der Waals surface area contributed by atoms with E-state index in [4.69, 9.17) is 0 Å². The zero-order chi connectivity index (χ0) is 13.9. The Morgan fingerprint density at radius 2 is 1.95 bits per heavy atom. The van der Waals surface area contributed by atoms with E-state index in [9.17, 15) is 4.79 Å². The van der Waals surface area contributed by atoms with E-state index in [2.05, 4.69) is 22.0 Å². The van der Waals surface area contributed by atoms with E-state index < -0.39 is 0 Å². The van der Waals surface area contributed by atoms with Gasteiger partial charge in [0, 0.05) is 31.6 Å². The van der Waals surface area contributed by atoms with Crippen molar-refractivity contribution in [1.82, 2.24) is 15.1 Å². The monoisotopic (exact) mass is 279 g/mol. The Morgan fingerprint density at radius 3 is 2.75 bits per heavy atom. The fourth-order valence-corrected chi connectivity index (χ4v) is 4.15. The van der Waals surface area contributed by atoms with Gasteiger partial charge in [-0.2, -0.15) is 0 Å². The number of amides is 1. The maximum atomic E-state index is 12.6. The quantitative estimate of drug-likeness (QED) is 0.831.